The molecule has 0 saturated carbocycles. The van der Waals surface area contributed by atoms with E-state index in [0.29, 0.717) is 12.0 Å². The molecule has 3 unspecified atom stereocenters. The Bertz CT molecular complexity index is 392. The number of hydrogen-bond acceptors (Lipinski definition) is 3. The number of rotatable bonds is 4. The fraction of sp³-hybridized carbons (Fsp3) is 0.647. The summed E-state index contributed by atoms with van der Waals surface area (Å²) in [5, 5.41) is 0. The van der Waals surface area contributed by atoms with Gasteiger partial charge in [0.15, 0.2) is 0 Å². The summed E-state index contributed by atoms with van der Waals surface area (Å²) in [6, 6.07) is 11.2. The molecule has 3 atom stereocenters. The third-order valence-electron chi connectivity index (χ3n) is 4.50. The molecule has 0 aromatic heterocycles. The van der Waals surface area contributed by atoms with Crippen LogP contribution < -0.4 is 5.73 Å². The first-order chi connectivity index (χ1) is 9.58. The highest BCUT2D eigenvalue weighted by Crippen LogP contribution is 2.21. The molecule has 0 spiro atoms. The molecule has 1 aliphatic heterocycles. The number of hydrogen-bond donors (Lipinski definition) is 1. The lowest BCUT2D eigenvalue weighted by molar-refractivity contribution is 0.169. The van der Waals surface area contributed by atoms with Crippen molar-refractivity contribution in [3.63, 3.8) is 0 Å². The number of nitrogens with zero attached hydrogens (tertiary/aromatic N) is 2. The van der Waals surface area contributed by atoms with Crippen molar-refractivity contribution in [3.8, 4) is 0 Å². The van der Waals surface area contributed by atoms with Crippen LogP contribution in [0.3, 0.4) is 0 Å². The van der Waals surface area contributed by atoms with Gasteiger partial charge in [0.05, 0.1) is 0 Å². The summed E-state index contributed by atoms with van der Waals surface area (Å²) in [5.74, 6) is 0.475. The number of benzene rings is 1. The van der Waals surface area contributed by atoms with E-state index in [0.717, 1.165) is 13.1 Å². The van der Waals surface area contributed by atoms with E-state index in [2.05, 4.69) is 55.0 Å². The zero-order valence-electron chi connectivity index (χ0n) is 13.1. The van der Waals surface area contributed by atoms with Crippen LogP contribution in [0.4, 0.5) is 0 Å². The molecule has 3 heteroatoms. The van der Waals surface area contributed by atoms with Crippen molar-refractivity contribution in [3.05, 3.63) is 35.9 Å². The van der Waals surface area contributed by atoms with Crippen LogP contribution in [0.2, 0.25) is 0 Å². The van der Waals surface area contributed by atoms with E-state index in [9.17, 15) is 0 Å². The molecule has 1 fully saturated rings. The Balaban J connectivity index is 1.94. The van der Waals surface area contributed by atoms with Gasteiger partial charge in [-0.3, -0.25) is 4.90 Å². The second-order valence-electron chi connectivity index (χ2n) is 6.37. The van der Waals surface area contributed by atoms with Crippen LogP contribution in [-0.2, 0) is 0 Å². The fourth-order valence-electron chi connectivity index (χ4n) is 3.18. The molecule has 1 aliphatic rings. The number of likely N-dealkylation sites (N-methyl/N-ethyl adjacent to an activating group) is 1. The second kappa shape index (κ2) is 7.21. The Hall–Kier alpha value is -0.900. The molecule has 0 bridgehead atoms. The highest BCUT2D eigenvalue weighted by atomic mass is 15.2. The maximum absolute atomic E-state index is 6.43. The van der Waals surface area contributed by atoms with Crippen molar-refractivity contribution >= 4 is 0 Å². The Labute approximate surface area is 123 Å². The van der Waals surface area contributed by atoms with Crippen LogP contribution in [0.25, 0.3) is 0 Å². The van der Waals surface area contributed by atoms with E-state index in [1.54, 1.807) is 0 Å². The third-order valence-corrected chi connectivity index (χ3v) is 4.50. The van der Waals surface area contributed by atoms with Gasteiger partial charge in [0.25, 0.3) is 0 Å². The van der Waals surface area contributed by atoms with Crippen LogP contribution in [0.15, 0.2) is 30.3 Å². The van der Waals surface area contributed by atoms with Gasteiger partial charge in [-0.25, -0.2) is 0 Å². The quantitative estimate of drug-likeness (QED) is 0.915. The van der Waals surface area contributed by atoms with Crippen molar-refractivity contribution in [1.29, 1.82) is 0 Å². The Morgan fingerprint density at radius 2 is 1.95 bits per heavy atom. The van der Waals surface area contributed by atoms with Crippen LogP contribution in [0.1, 0.15) is 31.9 Å². The Morgan fingerprint density at radius 1 is 1.25 bits per heavy atom. The standard InChI is InChI=1S/C17H29N3/c1-14(17(18)16-8-5-4-6-9-16)12-20-11-7-10-19(3)13-15(20)2/h4-6,8-9,14-15,17H,7,10-13,18H2,1-3H3. The molecule has 1 heterocycles. The zero-order valence-corrected chi connectivity index (χ0v) is 13.1. The molecule has 2 rings (SSSR count). The summed E-state index contributed by atoms with van der Waals surface area (Å²) in [7, 11) is 2.22. The predicted molar refractivity (Wildman–Crippen MR) is 85.7 cm³/mol. The van der Waals surface area contributed by atoms with Gasteiger partial charge < -0.3 is 10.6 Å². The van der Waals surface area contributed by atoms with Crippen LogP contribution in [0.5, 0.6) is 0 Å². The van der Waals surface area contributed by atoms with Crippen LogP contribution in [0, 0.1) is 5.92 Å². The smallest absolute Gasteiger partial charge is 0.0333 e. The molecule has 0 radical (unpaired) electrons. The van der Waals surface area contributed by atoms with Crippen molar-refractivity contribution in [1.82, 2.24) is 9.80 Å². The summed E-state index contributed by atoms with van der Waals surface area (Å²) >= 11 is 0. The van der Waals surface area contributed by atoms with Gasteiger partial charge in [0.2, 0.25) is 0 Å². The van der Waals surface area contributed by atoms with Gasteiger partial charge in [-0.05, 0) is 45.0 Å². The molecule has 2 N–H and O–H groups in total. The SMILES string of the molecule is CC(CN1CCCN(C)CC1C)C(N)c1ccccc1. The summed E-state index contributed by atoms with van der Waals surface area (Å²) in [6.45, 7) is 9.26. The summed E-state index contributed by atoms with van der Waals surface area (Å²) < 4.78 is 0. The largest absolute Gasteiger partial charge is 0.324 e. The van der Waals surface area contributed by atoms with Crippen molar-refractivity contribution in [2.45, 2.75) is 32.4 Å². The monoisotopic (exact) mass is 275 g/mol. The predicted octanol–water partition coefficient (Wildman–Crippen LogP) is 2.35. The maximum atomic E-state index is 6.43. The number of nitrogens with two attached hydrogens (primary N) is 1. The van der Waals surface area contributed by atoms with E-state index in [1.165, 1.54) is 25.1 Å². The van der Waals surface area contributed by atoms with E-state index >= 15 is 0 Å². The molecule has 1 aromatic carbocycles. The van der Waals surface area contributed by atoms with E-state index in [4.69, 9.17) is 5.73 Å². The zero-order chi connectivity index (χ0) is 14.5. The summed E-state index contributed by atoms with van der Waals surface area (Å²) in [5.41, 5.74) is 7.68. The summed E-state index contributed by atoms with van der Waals surface area (Å²) in [4.78, 5) is 5.05. The summed E-state index contributed by atoms with van der Waals surface area (Å²) in [6.07, 6.45) is 1.26. The molecular formula is C17H29N3. The minimum absolute atomic E-state index is 0.129. The molecule has 3 nitrogen and oxygen atoms in total. The third kappa shape index (κ3) is 4.05. The van der Waals surface area contributed by atoms with Crippen LogP contribution >= 0.6 is 0 Å². The lowest BCUT2D eigenvalue weighted by Crippen LogP contribution is -2.42. The van der Waals surface area contributed by atoms with Gasteiger partial charge in [-0.1, -0.05) is 37.3 Å². The van der Waals surface area contributed by atoms with Gasteiger partial charge in [-0.2, -0.15) is 0 Å². The Kier molecular flexibility index (Phi) is 5.58. The lowest BCUT2D eigenvalue weighted by atomic mass is 9.94. The van der Waals surface area contributed by atoms with Gasteiger partial charge in [0.1, 0.15) is 0 Å². The minimum Gasteiger partial charge on any atom is -0.324 e. The topological polar surface area (TPSA) is 32.5 Å². The van der Waals surface area contributed by atoms with E-state index < -0.39 is 0 Å². The minimum atomic E-state index is 0.129. The van der Waals surface area contributed by atoms with E-state index in [1.807, 2.05) is 6.07 Å². The van der Waals surface area contributed by atoms with Crippen molar-refractivity contribution in [2.24, 2.45) is 11.7 Å². The Morgan fingerprint density at radius 3 is 2.65 bits per heavy atom. The molecule has 0 amide bonds. The molecule has 1 saturated heterocycles. The lowest BCUT2D eigenvalue weighted by Gasteiger charge is -2.32. The molecule has 0 aliphatic carbocycles. The average Bonchev–Trinajstić information content (AvgIpc) is 2.60. The first kappa shape index (κ1) is 15.5. The normalized spacial score (nSPS) is 25.1. The van der Waals surface area contributed by atoms with Crippen molar-refractivity contribution < 1.29 is 0 Å². The average molecular weight is 275 g/mol. The molecule has 1 aromatic rings. The fourth-order valence-corrected chi connectivity index (χ4v) is 3.18. The molecular weight excluding hydrogens is 246 g/mol. The van der Waals surface area contributed by atoms with Crippen LogP contribution in [-0.4, -0.2) is 49.1 Å². The van der Waals surface area contributed by atoms with Gasteiger partial charge in [0, 0.05) is 25.2 Å². The second-order valence-corrected chi connectivity index (χ2v) is 6.37. The van der Waals surface area contributed by atoms with Gasteiger partial charge in [-0.15, -0.1) is 0 Å². The molecule has 20 heavy (non-hydrogen) atoms. The van der Waals surface area contributed by atoms with Gasteiger partial charge >= 0.3 is 0 Å². The maximum Gasteiger partial charge on any atom is 0.0333 e. The van der Waals surface area contributed by atoms with E-state index in [-0.39, 0.29) is 6.04 Å². The van der Waals surface area contributed by atoms with Crippen molar-refractivity contribution in [2.75, 3.05) is 33.2 Å². The first-order valence-electron chi connectivity index (χ1n) is 7.81. The highest BCUT2D eigenvalue weighted by molar-refractivity contribution is 5.19. The first-order valence-corrected chi connectivity index (χ1v) is 7.81. The highest BCUT2D eigenvalue weighted by Gasteiger charge is 2.23. The molecule has 112 valence electrons.